The standard InChI is InChI=1S/C14H9BrClF3O2/c15-11-6-5-8(16)7-10(11)13(20)9-3-1-2-4-12(9)21-14(17,18)19/h1-7,13,20H. The van der Waals surface area contributed by atoms with Crippen LogP contribution in [0.4, 0.5) is 13.2 Å². The Morgan fingerprint density at radius 3 is 2.43 bits per heavy atom. The maximum atomic E-state index is 12.4. The van der Waals surface area contributed by atoms with Crippen molar-refractivity contribution < 1.29 is 23.0 Å². The SMILES string of the molecule is OC(c1cc(Cl)ccc1Br)c1ccccc1OC(F)(F)F. The van der Waals surface area contributed by atoms with E-state index in [9.17, 15) is 18.3 Å². The summed E-state index contributed by atoms with van der Waals surface area (Å²) in [7, 11) is 0. The average Bonchev–Trinajstić information content (AvgIpc) is 2.39. The van der Waals surface area contributed by atoms with Gasteiger partial charge in [-0.15, -0.1) is 13.2 Å². The first-order valence-corrected chi connectivity index (χ1v) is 6.93. The first-order valence-electron chi connectivity index (χ1n) is 5.75. The van der Waals surface area contributed by atoms with Crippen LogP contribution in [0.1, 0.15) is 17.2 Å². The summed E-state index contributed by atoms with van der Waals surface area (Å²) >= 11 is 9.08. The molecule has 0 heterocycles. The van der Waals surface area contributed by atoms with Crippen molar-refractivity contribution >= 4 is 27.5 Å². The molecule has 2 aromatic carbocycles. The maximum absolute atomic E-state index is 12.4. The zero-order chi connectivity index (χ0) is 15.6. The number of aliphatic hydroxyl groups is 1. The van der Waals surface area contributed by atoms with E-state index in [2.05, 4.69) is 20.7 Å². The van der Waals surface area contributed by atoms with Crippen LogP contribution in [0, 0.1) is 0 Å². The fraction of sp³-hybridized carbons (Fsp3) is 0.143. The molecular formula is C14H9BrClF3O2. The summed E-state index contributed by atoms with van der Waals surface area (Å²) in [6.07, 6.45) is -6.14. The Kier molecular flexibility index (Phi) is 4.81. The van der Waals surface area contributed by atoms with Crippen molar-refractivity contribution in [3.63, 3.8) is 0 Å². The third-order valence-corrected chi connectivity index (χ3v) is 3.65. The van der Waals surface area contributed by atoms with Gasteiger partial charge >= 0.3 is 6.36 Å². The molecular weight excluding hydrogens is 373 g/mol. The van der Waals surface area contributed by atoms with E-state index in [0.29, 0.717) is 15.1 Å². The number of rotatable bonds is 3. The first kappa shape index (κ1) is 16.1. The van der Waals surface area contributed by atoms with Crippen molar-refractivity contribution in [3.8, 4) is 5.75 Å². The second-order valence-electron chi connectivity index (χ2n) is 4.15. The Morgan fingerprint density at radius 1 is 1.10 bits per heavy atom. The molecule has 0 aliphatic heterocycles. The minimum absolute atomic E-state index is 0.00204. The van der Waals surface area contributed by atoms with E-state index in [1.807, 2.05) is 0 Å². The highest BCUT2D eigenvalue weighted by Gasteiger charge is 2.33. The molecule has 0 spiro atoms. The van der Waals surface area contributed by atoms with E-state index in [1.165, 1.54) is 24.3 Å². The Labute approximate surface area is 132 Å². The number of alkyl halides is 3. The van der Waals surface area contributed by atoms with Crippen molar-refractivity contribution in [1.82, 2.24) is 0 Å². The summed E-state index contributed by atoms with van der Waals surface area (Å²) in [6, 6.07) is 10.1. The van der Waals surface area contributed by atoms with E-state index in [-0.39, 0.29) is 5.56 Å². The van der Waals surface area contributed by atoms with Gasteiger partial charge in [0.1, 0.15) is 11.9 Å². The molecule has 0 aliphatic carbocycles. The molecule has 1 N–H and O–H groups in total. The van der Waals surface area contributed by atoms with Gasteiger partial charge in [0.2, 0.25) is 0 Å². The van der Waals surface area contributed by atoms with Crippen molar-refractivity contribution in [2.24, 2.45) is 0 Å². The van der Waals surface area contributed by atoms with Gasteiger partial charge in [0.05, 0.1) is 0 Å². The lowest BCUT2D eigenvalue weighted by atomic mass is 10.0. The highest BCUT2D eigenvalue weighted by Crippen LogP contribution is 2.36. The van der Waals surface area contributed by atoms with Gasteiger partial charge in [0.15, 0.2) is 0 Å². The molecule has 7 heteroatoms. The number of benzene rings is 2. The topological polar surface area (TPSA) is 29.5 Å². The van der Waals surface area contributed by atoms with E-state index in [1.54, 1.807) is 12.1 Å². The van der Waals surface area contributed by atoms with Gasteiger partial charge < -0.3 is 9.84 Å². The van der Waals surface area contributed by atoms with Gasteiger partial charge in [-0.3, -0.25) is 0 Å². The lowest BCUT2D eigenvalue weighted by Gasteiger charge is -2.18. The van der Waals surface area contributed by atoms with Crippen molar-refractivity contribution in [1.29, 1.82) is 0 Å². The van der Waals surface area contributed by atoms with Crippen LogP contribution in [0.5, 0.6) is 5.75 Å². The van der Waals surface area contributed by atoms with Gasteiger partial charge in [0.25, 0.3) is 0 Å². The van der Waals surface area contributed by atoms with Crippen molar-refractivity contribution in [2.75, 3.05) is 0 Å². The van der Waals surface area contributed by atoms with E-state index in [0.717, 1.165) is 6.07 Å². The molecule has 0 amide bonds. The molecule has 112 valence electrons. The Balaban J connectivity index is 2.44. The summed E-state index contributed by atoms with van der Waals surface area (Å²) in [4.78, 5) is 0. The van der Waals surface area contributed by atoms with Crippen LogP contribution in [0.3, 0.4) is 0 Å². The van der Waals surface area contributed by atoms with E-state index in [4.69, 9.17) is 11.6 Å². The van der Waals surface area contributed by atoms with Crippen LogP contribution in [0.15, 0.2) is 46.9 Å². The van der Waals surface area contributed by atoms with Crippen LogP contribution in [-0.4, -0.2) is 11.5 Å². The monoisotopic (exact) mass is 380 g/mol. The summed E-state index contributed by atoms with van der Waals surface area (Å²) in [6.45, 7) is 0. The molecule has 0 radical (unpaired) electrons. The quantitative estimate of drug-likeness (QED) is 0.803. The van der Waals surface area contributed by atoms with Gasteiger partial charge in [-0.05, 0) is 24.3 Å². The van der Waals surface area contributed by atoms with Crippen LogP contribution in [0.2, 0.25) is 5.02 Å². The summed E-state index contributed by atoms with van der Waals surface area (Å²) in [5.41, 5.74) is 0.346. The van der Waals surface area contributed by atoms with Crippen molar-refractivity contribution in [2.45, 2.75) is 12.5 Å². The minimum Gasteiger partial charge on any atom is -0.405 e. The number of para-hydroxylation sites is 1. The van der Waals surface area contributed by atoms with E-state index >= 15 is 0 Å². The zero-order valence-corrected chi connectivity index (χ0v) is 12.7. The third kappa shape index (κ3) is 4.12. The zero-order valence-electron chi connectivity index (χ0n) is 10.4. The lowest BCUT2D eigenvalue weighted by molar-refractivity contribution is -0.275. The molecule has 0 saturated heterocycles. The van der Waals surface area contributed by atoms with Crippen LogP contribution < -0.4 is 4.74 Å². The molecule has 2 rings (SSSR count). The normalized spacial score (nSPS) is 13.0. The molecule has 0 saturated carbocycles. The first-order chi connectivity index (χ1) is 9.78. The molecule has 1 unspecified atom stereocenters. The lowest BCUT2D eigenvalue weighted by Crippen LogP contribution is -2.19. The van der Waals surface area contributed by atoms with Gasteiger partial charge in [0, 0.05) is 20.6 Å². The third-order valence-electron chi connectivity index (χ3n) is 2.69. The smallest absolute Gasteiger partial charge is 0.405 e. The fourth-order valence-electron chi connectivity index (χ4n) is 1.82. The number of hydrogen-bond acceptors (Lipinski definition) is 2. The summed E-state index contributed by atoms with van der Waals surface area (Å²) in [5.74, 6) is -0.454. The highest BCUT2D eigenvalue weighted by atomic mass is 79.9. The fourth-order valence-corrected chi connectivity index (χ4v) is 2.46. The van der Waals surface area contributed by atoms with Crippen LogP contribution >= 0.6 is 27.5 Å². The van der Waals surface area contributed by atoms with Crippen LogP contribution in [-0.2, 0) is 0 Å². The molecule has 0 fully saturated rings. The molecule has 0 aromatic heterocycles. The predicted octanol–water partition coefficient (Wildman–Crippen LogP) is 5.08. The molecule has 21 heavy (non-hydrogen) atoms. The van der Waals surface area contributed by atoms with Gasteiger partial charge in [-0.1, -0.05) is 45.7 Å². The number of hydrogen-bond donors (Lipinski definition) is 1. The van der Waals surface area contributed by atoms with Gasteiger partial charge in [-0.2, -0.15) is 0 Å². The Bertz CT molecular complexity index is 646. The average molecular weight is 382 g/mol. The van der Waals surface area contributed by atoms with E-state index < -0.39 is 18.2 Å². The Morgan fingerprint density at radius 2 is 1.76 bits per heavy atom. The second-order valence-corrected chi connectivity index (χ2v) is 5.44. The number of aliphatic hydroxyl groups excluding tert-OH is 1. The van der Waals surface area contributed by atoms with Crippen molar-refractivity contribution in [3.05, 3.63) is 63.1 Å². The Hall–Kier alpha value is -1.24. The molecule has 2 nitrogen and oxygen atoms in total. The largest absolute Gasteiger partial charge is 0.573 e. The minimum atomic E-state index is -4.83. The summed E-state index contributed by atoms with van der Waals surface area (Å²) in [5, 5.41) is 10.7. The number of ether oxygens (including phenoxy) is 1. The highest BCUT2D eigenvalue weighted by molar-refractivity contribution is 9.10. The second kappa shape index (κ2) is 6.25. The summed E-state index contributed by atoms with van der Waals surface area (Å²) < 4.78 is 41.7. The molecule has 1 atom stereocenters. The maximum Gasteiger partial charge on any atom is 0.573 e. The van der Waals surface area contributed by atoms with Crippen LogP contribution in [0.25, 0.3) is 0 Å². The molecule has 2 aromatic rings. The molecule has 0 aliphatic rings. The van der Waals surface area contributed by atoms with Gasteiger partial charge in [-0.25, -0.2) is 0 Å². The molecule has 0 bridgehead atoms. The number of halogens is 5. The predicted molar refractivity (Wildman–Crippen MR) is 76.3 cm³/mol.